The largest absolute Gasteiger partial charge is 0.611 e. The molecule has 3 aromatic rings. The van der Waals surface area contributed by atoms with E-state index in [0.29, 0.717) is 23.7 Å². The van der Waals surface area contributed by atoms with Crippen molar-refractivity contribution < 1.29 is 18.5 Å². The predicted octanol–water partition coefficient (Wildman–Crippen LogP) is 5.86. The van der Waals surface area contributed by atoms with Crippen molar-refractivity contribution >= 4 is 51.8 Å². The Hall–Kier alpha value is -2.58. The molecule has 3 atom stereocenters. The molecule has 0 aromatic heterocycles. The normalized spacial score (nSPS) is 18.7. The summed E-state index contributed by atoms with van der Waals surface area (Å²) in [6.45, 7) is 5.25. The number of ketones is 1. The number of nitrogens with zero attached hydrogens (tertiary/aromatic N) is 2. The number of amides is 1. The van der Waals surface area contributed by atoms with Crippen LogP contribution in [0.15, 0.2) is 71.6 Å². The zero-order valence-electron chi connectivity index (χ0n) is 19.8. The first kappa shape index (κ1) is 26.5. The number of halogens is 3. The van der Waals surface area contributed by atoms with Gasteiger partial charge in [0, 0.05) is 47.0 Å². The fourth-order valence-corrected chi connectivity index (χ4v) is 6.03. The summed E-state index contributed by atoms with van der Waals surface area (Å²) in [5, 5.41) is 0.821. The molecular weight excluding hydrogens is 522 g/mol. The van der Waals surface area contributed by atoms with E-state index >= 15 is 0 Å². The van der Waals surface area contributed by atoms with Crippen LogP contribution in [0.1, 0.15) is 34.6 Å². The SMILES string of the molecule is CC1C(C)N(c2cccc(Cl)c2)CCN1C(=O)c1ccc([S+]([O-])CC(=O)c2ccc(F)cc2)c(Cl)c1. The van der Waals surface area contributed by atoms with Crippen LogP contribution < -0.4 is 4.90 Å². The highest BCUT2D eigenvalue weighted by atomic mass is 35.5. The monoisotopic (exact) mass is 546 g/mol. The molecular formula is C27H25Cl2FN2O3S. The van der Waals surface area contributed by atoms with Gasteiger partial charge in [-0.2, -0.15) is 0 Å². The van der Waals surface area contributed by atoms with E-state index < -0.39 is 17.0 Å². The first-order valence-corrected chi connectivity index (χ1v) is 13.5. The van der Waals surface area contributed by atoms with Crippen molar-refractivity contribution in [2.45, 2.75) is 30.8 Å². The molecule has 0 N–H and O–H groups in total. The quantitative estimate of drug-likeness (QED) is 0.287. The number of piperazine rings is 1. The van der Waals surface area contributed by atoms with E-state index in [4.69, 9.17) is 23.2 Å². The van der Waals surface area contributed by atoms with Gasteiger partial charge in [-0.3, -0.25) is 9.59 Å². The number of carbonyl (C=O) groups is 2. The van der Waals surface area contributed by atoms with Crippen LogP contribution in [0.25, 0.3) is 0 Å². The van der Waals surface area contributed by atoms with Crippen LogP contribution >= 0.6 is 23.2 Å². The van der Waals surface area contributed by atoms with Crippen LogP contribution in [-0.4, -0.2) is 52.1 Å². The lowest BCUT2D eigenvalue weighted by atomic mass is 10.0. The number of rotatable bonds is 6. The number of benzene rings is 3. The van der Waals surface area contributed by atoms with Crippen LogP contribution in [0.3, 0.4) is 0 Å². The Labute approximate surface area is 223 Å². The fraction of sp³-hybridized carbons (Fsp3) is 0.259. The van der Waals surface area contributed by atoms with E-state index in [-0.39, 0.29) is 45.0 Å². The van der Waals surface area contributed by atoms with Gasteiger partial charge < -0.3 is 14.4 Å². The summed E-state index contributed by atoms with van der Waals surface area (Å²) in [6.07, 6.45) is 0. The molecule has 0 radical (unpaired) electrons. The predicted molar refractivity (Wildman–Crippen MR) is 142 cm³/mol. The van der Waals surface area contributed by atoms with Gasteiger partial charge in [-0.25, -0.2) is 4.39 Å². The van der Waals surface area contributed by atoms with Crippen LogP contribution in [-0.2, 0) is 11.2 Å². The fourth-order valence-electron chi connectivity index (χ4n) is 4.35. The molecule has 4 rings (SSSR count). The van der Waals surface area contributed by atoms with Gasteiger partial charge in [-0.05, 0) is 85.7 Å². The van der Waals surface area contributed by atoms with E-state index in [1.54, 1.807) is 6.07 Å². The van der Waals surface area contributed by atoms with E-state index in [2.05, 4.69) is 11.8 Å². The zero-order chi connectivity index (χ0) is 26.0. The molecule has 0 bridgehead atoms. The second-order valence-electron chi connectivity index (χ2n) is 8.72. The number of Topliss-reactive ketones (excluding diaryl/α,β-unsaturated/α-hetero) is 1. The van der Waals surface area contributed by atoms with Crippen LogP contribution in [0.4, 0.5) is 10.1 Å². The molecule has 3 aromatic carbocycles. The molecule has 0 spiro atoms. The molecule has 1 saturated heterocycles. The van der Waals surface area contributed by atoms with Gasteiger partial charge in [0.15, 0.2) is 10.6 Å². The second kappa shape index (κ2) is 11.2. The minimum Gasteiger partial charge on any atom is -0.611 e. The topological polar surface area (TPSA) is 63.7 Å². The maximum atomic E-state index is 13.3. The van der Waals surface area contributed by atoms with Crippen LogP contribution in [0.2, 0.25) is 10.0 Å². The maximum Gasteiger partial charge on any atom is 0.254 e. The van der Waals surface area contributed by atoms with E-state index in [0.717, 1.165) is 5.69 Å². The minimum atomic E-state index is -1.72. The van der Waals surface area contributed by atoms with Crippen molar-refractivity contribution in [3.8, 4) is 0 Å². The van der Waals surface area contributed by atoms with E-state index in [1.807, 2.05) is 36.1 Å². The third-order valence-electron chi connectivity index (χ3n) is 6.52. The molecule has 36 heavy (non-hydrogen) atoms. The zero-order valence-corrected chi connectivity index (χ0v) is 22.1. The number of anilines is 1. The summed E-state index contributed by atoms with van der Waals surface area (Å²) in [6, 6.07) is 17.3. The van der Waals surface area contributed by atoms with Crippen LogP contribution in [0.5, 0.6) is 0 Å². The summed E-state index contributed by atoms with van der Waals surface area (Å²) in [5.74, 6) is -1.30. The van der Waals surface area contributed by atoms with Gasteiger partial charge in [-0.15, -0.1) is 0 Å². The van der Waals surface area contributed by atoms with Gasteiger partial charge >= 0.3 is 0 Å². The third kappa shape index (κ3) is 5.70. The first-order chi connectivity index (χ1) is 17.2. The van der Waals surface area contributed by atoms with Crippen molar-refractivity contribution in [3.63, 3.8) is 0 Å². The van der Waals surface area contributed by atoms with E-state index in [1.165, 1.54) is 36.4 Å². The Morgan fingerprint density at radius 3 is 2.33 bits per heavy atom. The lowest BCUT2D eigenvalue weighted by Gasteiger charge is -2.46. The second-order valence-corrected chi connectivity index (χ2v) is 11.0. The molecule has 1 fully saturated rings. The molecule has 1 aliphatic heterocycles. The molecule has 3 unspecified atom stereocenters. The third-order valence-corrected chi connectivity index (χ3v) is 8.55. The highest BCUT2D eigenvalue weighted by molar-refractivity contribution is 7.92. The molecule has 0 aliphatic carbocycles. The van der Waals surface area contributed by atoms with Crippen molar-refractivity contribution in [1.82, 2.24) is 4.90 Å². The van der Waals surface area contributed by atoms with Crippen LogP contribution in [0, 0.1) is 5.82 Å². The van der Waals surface area contributed by atoms with Gasteiger partial charge in [0.1, 0.15) is 5.82 Å². The first-order valence-electron chi connectivity index (χ1n) is 11.5. The Kier molecular flexibility index (Phi) is 8.25. The summed E-state index contributed by atoms with van der Waals surface area (Å²) in [7, 11) is 0. The Morgan fingerprint density at radius 2 is 1.67 bits per heavy atom. The van der Waals surface area contributed by atoms with Gasteiger partial charge in [0.2, 0.25) is 5.78 Å². The summed E-state index contributed by atoms with van der Waals surface area (Å²) in [4.78, 5) is 30.1. The van der Waals surface area contributed by atoms with Gasteiger partial charge in [0.05, 0.1) is 5.02 Å². The molecule has 188 valence electrons. The summed E-state index contributed by atoms with van der Waals surface area (Å²) in [5.41, 5.74) is 1.67. The minimum absolute atomic E-state index is 0.0564. The van der Waals surface area contributed by atoms with Crippen molar-refractivity contribution in [3.05, 3.63) is 93.7 Å². The highest BCUT2D eigenvalue weighted by Gasteiger charge is 2.34. The molecule has 5 nitrogen and oxygen atoms in total. The lowest BCUT2D eigenvalue weighted by Crippen LogP contribution is -2.59. The molecule has 1 aliphatic rings. The van der Waals surface area contributed by atoms with Crippen molar-refractivity contribution in [2.24, 2.45) is 0 Å². The molecule has 0 saturated carbocycles. The van der Waals surface area contributed by atoms with E-state index in [9.17, 15) is 18.5 Å². The summed E-state index contributed by atoms with van der Waals surface area (Å²) < 4.78 is 25.9. The van der Waals surface area contributed by atoms with Gasteiger partial charge in [-0.1, -0.05) is 29.3 Å². The number of carbonyl (C=O) groups excluding carboxylic acids is 2. The average Bonchev–Trinajstić information content (AvgIpc) is 2.85. The smallest absolute Gasteiger partial charge is 0.254 e. The van der Waals surface area contributed by atoms with Crippen molar-refractivity contribution in [2.75, 3.05) is 23.7 Å². The molecule has 9 heteroatoms. The Morgan fingerprint density at radius 1 is 0.972 bits per heavy atom. The Bertz CT molecular complexity index is 1270. The molecule has 1 heterocycles. The lowest BCUT2D eigenvalue weighted by molar-refractivity contribution is 0.0634. The number of hydrogen-bond donors (Lipinski definition) is 0. The Balaban J connectivity index is 1.45. The van der Waals surface area contributed by atoms with Gasteiger partial charge in [0.25, 0.3) is 5.91 Å². The maximum absolute atomic E-state index is 13.3. The standard InChI is InChI=1S/C27H25Cl2FN2O3S/c1-17-18(2)32(13-12-31(17)23-5-3-4-21(28)15-23)27(34)20-8-11-26(24(29)14-20)36(35)16-25(33)19-6-9-22(30)10-7-19/h3-11,14-15,17-18H,12-13,16H2,1-2H3. The average molecular weight is 547 g/mol. The highest BCUT2D eigenvalue weighted by Crippen LogP contribution is 2.29. The number of hydrogen-bond acceptors (Lipinski definition) is 4. The molecule has 1 amide bonds. The van der Waals surface area contributed by atoms with Crippen molar-refractivity contribution in [1.29, 1.82) is 0 Å². The summed E-state index contributed by atoms with van der Waals surface area (Å²) >= 11 is 10.8.